The highest BCUT2D eigenvalue weighted by Gasteiger charge is 2.28. The van der Waals surface area contributed by atoms with Gasteiger partial charge in [0.15, 0.2) is 0 Å². The number of rotatable bonds is 7. The van der Waals surface area contributed by atoms with Gasteiger partial charge in [0.1, 0.15) is 18.1 Å². The summed E-state index contributed by atoms with van der Waals surface area (Å²) in [5.74, 6) is 1.65. The van der Waals surface area contributed by atoms with E-state index in [1.54, 1.807) is 12.1 Å². The molecule has 0 saturated heterocycles. The Labute approximate surface area is 141 Å². The molecule has 1 saturated carbocycles. The number of carbonyl (C=O) groups is 1. The number of nitrogens with one attached hydrogen (secondary N) is 1. The zero-order valence-electron chi connectivity index (χ0n) is 14.0. The van der Waals surface area contributed by atoms with Crippen molar-refractivity contribution in [3.63, 3.8) is 0 Å². The summed E-state index contributed by atoms with van der Waals surface area (Å²) in [5, 5.41) is 6.81. The fraction of sp³-hybridized carbons (Fsp3) is 0.444. The molecule has 1 aliphatic rings. The molecule has 0 aliphatic heterocycles. The van der Waals surface area contributed by atoms with Crippen LogP contribution in [-0.2, 0) is 6.61 Å². The predicted octanol–water partition coefficient (Wildman–Crippen LogP) is 2.34. The molecule has 1 aromatic heterocycles. The van der Waals surface area contributed by atoms with Gasteiger partial charge in [0, 0.05) is 12.6 Å². The second-order valence-corrected chi connectivity index (χ2v) is 6.30. The Morgan fingerprint density at radius 2 is 2.17 bits per heavy atom. The molecule has 24 heavy (non-hydrogen) atoms. The molecule has 3 N–H and O–H groups in total. The van der Waals surface area contributed by atoms with Crippen molar-refractivity contribution >= 4 is 5.91 Å². The van der Waals surface area contributed by atoms with Gasteiger partial charge in [-0.05, 0) is 44.7 Å². The first kappa shape index (κ1) is 16.5. The van der Waals surface area contributed by atoms with E-state index < -0.39 is 0 Å². The quantitative estimate of drug-likeness (QED) is 0.813. The van der Waals surface area contributed by atoms with Crippen LogP contribution in [0.2, 0.25) is 0 Å². The first-order valence-corrected chi connectivity index (χ1v) is 8.23. The van der Waals surface area contributed by atoms with Crippen LogP contribution in [0.3, 0.4) is 0 Å². The molecule has 0 radical (unpaired) electrons. The minimum atomic E-state index is -0.166. The Morgan fingerprint density at radius 1 is 1.42 bits per heavy atom. The van der Waals surface area contributed by atoms with E-state index in [9.17, 15) is 4.79 Å². The van der Waals surface area contributed by atoms with Crippen LogP contribution >= 0.6 is 0 Å². The topological polar surface area (TPSA) is 90.4 Å². The third-order valence-corrected chi connectivity index (χ3v) is 4.41. The number of para-hydroxylation sites is 1. The highest BCUT2D eigenvalue weighted by molar-refractivity contribution is 5.96. The Hall–Kier alpha value is -2.34. The number of aryl methyl sites for hydroxylation is 2. The molecule has 6 heteroatoms. The fourth-order valence-corrected chi connectivity index (χ4v) is 2.63. The first-order valence-electron chi connectivity index (χ1n) is 8.23. The van der Waals surface area contributed by atoms with Crippen molar-refractivity contribution in [2.24, 2.45) is 11.7 Å². The third-order valence-electron chi connectivity index (χ3n) is 4.41. The monoisotopic (exact) mass is 329 g/mol. The summed E-state index contributed by atoms with van der Waals surface area (Å²) in [6.07, 6.45) is 2.32. The van der Waals surface area contributed by atoms with Crippen molar-refractivity contribution in [2.75, 3.05) is 6.54 Å². The van der Waals surface area contributed by atoms with E-state index in [-0.39, 0.29) is 11.9 Å². The fourth-order valence-electron chi connectivity index (χ4n) is 2.63. The van der Waals surface area contributed by atoms with Gasteiger partial charge < -0.3 is 20.3 Å². The van der Waals surface area contributed by atoms with E-state index in [0.29, 0.717) is 30.4 Å². The molecule has 6 nitrogen and oxygen atoms in total. The van der Waals surface area contributed by atoms with Crippen LogP contribution < -0.4 is 15.8 Å². The van der Waals surface area contributed by atoms with E-state index in [4.69, 9.17) is 15.0 Å². The number of hydrogen-bond acceptors (Lipinski definition) is 5. The maximum Gasteiger partial charge on any atom is 0.255 e. The number of benzene rings is 1. The maximum absolute atomic E-state index is 12.4. The summed E-state index contributed by atoms with van der Waals surface area (Å²) >= 11 is 0. The van der Waals surface area contributed by atoms with Crippen LogP contribution in [0.1, 0.15) is 40.2 Å². The van der Waals surface area contributed by atoms with Gasteiger partial charge in [-0.2, -0.15) is 0 Å². The van der Waals surface area contributed by atoms with Gasteiger partial charge in [-0.15, -0.1) is 0 Å². The summed E-state index contributed by atoms with van der Waals surface area (Å²) in [4.78, 5) is 12.4. The summed E-state index contributed by atoms with van der Waals surface area (Å²) in [7, 11) is 0. The van der Waals surface area contributed by atoms with Crippen molar-refractivity contribution in [3.8, 4) is 5.75 Å². The molecule has 128 valence electrons. The molecule has 3 rings (SSSR count). The maximum atomic E-state index is 12.4. The lowest BCUT2D eigenvalue weighted by Gasteiger charge is -2.14. The van der Waals surface area contributed by atoms with Crippen molar-refractivity contribution < 1.29 is 14.1 Å². The smallest absolute Gasteiger partial charge is 0.255 e. The Balaban J connectivity index is 1.64. The Morgan fingerprint density at radius 3 is 2.83 bits per heavy atom. The average Bonchev–Trinajstić information content (AvgIpc) is 3.38. The highest BCUT2D eigenvalue weighted by Crippen LogP contribution is 2.31. The zero-order valence-corrected chi connectivity index (χ0v) is 14.0. The number of nitrogens with two attached hydrogens (primary N) is 1. The minimum absolute atomic E-state index is 0.0318. The molecule has 1 unspecified atom stereocenters. The van der Waals surface area contributed by atoms with Crippen LogP contribution in [0.4, 0.5) is 0 Å². The lowest BCUT2D eigenvalue weighted by Crippen LogP contribution is -2.38. The van der Waals surface area contributed by atoms with Crippen molar-refractivity contribution in [1.29, 1.82) is 0 Å². The molecule has 1 fully saturated rings. The largest absolute Gasteiger partial charge is 0.488 e. The molecule has 1 atom stereocenters. The standard InChI is InChI=1S/C18H23N3O3/c1-11-15(12(2)24-21-11)10-23-17-6-4-3-5-14(17)18(22)20-9-16(19)13-7-8-13/h3-6,13,16H,7-10,19H2,1-2H3,(H,20,22). The van der Waals surface area contributed by atoms with Crippen LogP contribution in [-0.4, -0.2) is 23.7 Å². The third kappa shape index (κ3) is 3.76. The van der Waals surface area contributed by atoms with Gasteiger partial charge in [0.2, 0.25) is 0 Å². The van der Waals surface area contributed by atoms with Crippen LogP contribution in [0, 0.1) is 19.8 Å². The second-order valence-electron chi connectivity index (χ2n) is 6.30. The first-order chi connectivity index (χ1) is 11.6. The molecule has 0 spiro atoms. The summed E-state index contributed by atoms with van der Waals surface area (Å²) in [6.45, 7) is 4.51. The Bertz CT molecular complexity index is 703. The molecule has 1 heterocycles. The average molecular weight is 329 g/mol. The number of amides is 1. The number of carbonyl (C=O) groups excluding carboxylic acids is 1. The number of ether oxygens (including phenoxy) is 1. The van der Waals surface area contributed by atoms with Crippen molar-refractivity contribution in [3.05, 3.63) is 46.8 Å². The second kappa shape index (κ2) is 7.05. The number of hydrogen-bond donors (Lipinski definition) is 2. The summed E-state index contributed by atoms with van der Waals surface area (Å²) < 4.78 is 11.0. The normalized spacial score (nSPS) is 15.1. The molecule has 1 amide bonds. The molecular weight excluding hydrogens is 306 g/mol. The van der Waals surface area contributed by atoms with Crippen LogP contribution in [0.25, 0.3) is 0 Å². The lowest BCUT2D eigenvalue weighted by molar-refractivity contribution is 0.0945. The number of aromatic nitrogens is 1. The van der Waals surface area contributed by atoms with Gasteiger partial charge >= 0.3 is 0 Å². The Kier molecular flexibility index (Phi) is 4.85. The van der Waals surface area contributed by atoms with Gasteiger partial charge in [0.05, 0.1) is 16.8 Å². The van der Waals surface area contributed by atoms with Gasteiger partial charge in [-0.1, -0.05) is 17.3 Å². The van der Waals surface area contributed by atoms with Crippen molar-refractivity contribution in [1.82, 2.24) is 10.5 Å². The molecule has 1 aromatic carbocycles. The minimum Gasteiger partial charge on any atom is -0.488 e. The zero-order chi connectivity index (χ0) is 17.1. The van der Waals surface area contributed by atoms with Crippen LogP contribution in [0.15, 0.2) is 28.8 Å². The SMILES string of the molecule is Cc1noc(C)c1COc1ccccc1C(=O)NCC(N)C1CC1. The van der Waals surface area contributed by atoms with Gasteiger partial charge in [0.25, 0.3) is 5.91 Å². The van der Waals surface area contributed by atoms with E-state index in [1.165, 1.54) is 0 Å². The van der Waals surface area contributed by atoms with E-state index in [2.05, 4.69) is 10.5 Å². The summed E-state index contributed by atoms with van der Waals surface area (Å²) in [5.41, 5.74) is 8.24. The van der Waals surface area contributed by atoms with E-state index in [1.807, 2.05) is 26.0 Å². The van der Waals surface area contributed by atoms with Crippen LogP contribution in [0.5, 0.6) is 5.75 Å². The van der Waals surface area contributed by atoms with Crippen molar-refractivity contribution in [2.45, 2.75) is 39.3 Å². The van der Waals surface area contributed by atoms with E-state index in [0.717, 1.165) is 29.9 Å². The molecule has 1 aliphatic carbocycles. The number of nitrogens with zero attached hydrogens (tertiary/aromatic N) is 1. The lowest BCUT2D eigenvalue weighted by atomic mass is 10.1. The molecule has 0 bridgehead atoms. The molecular formula is C18H23N3O3. The van der Waals surface area contributed by atoms with E-state index >= 15 is 0 Å². The molecule has 2 aromatic rings. The summed E-state index contributed by atoms with van der Waals surface area (Å²) in [6, 6.07) is 7.23. The van der Waals surface area contributed by atoms with Gasteiger partial charge in [-0.25, -0.2) is 0 Å². The highest BCUT2D eigenvalue weighted by atomic mass is 16.5. The van der Waals surface area contributed by atoms with Gasteiger partial charge in [-0.3, -0.25) is 4.79 Å². The predicted molar refractivity (Wildman–Crippen MR) is 89.8 cm³/mol.